The largest absolute Gasteiger partial charge is 0.397 e. The fraction of sp³-hybridized carbons (Fsp3) is 0.444. The molecule has 3 rings (SSSR count). The van der Waals surface area contributed by atoms with Gasteiger partial charge in [-0.3, -0.25) is 9.78 Å². The van der Waals surface area contributed by atoms with Gasteiger partial charge in [0.05, 0.1) is 23.4 Å². The van der Waals surface area contributed by atoms with E-state index in [9.17, 15) is 4.79 Å². The second kappa shape index (κ2) is 6.54. The van der Waals surface area contributed by atoms with Gasteiger partial charge in [0.1, 0.15) is 0 Å². The summed E-state index contributed by atoms with van der Waals surface area (Å²) in [5.74, 6) is 0.538. The summed E-state index contributed by atoms with van der Waals surface area (Å²) >= 11 is 0. The lowest BCUT2D eigenvalue weighted by Gasteiger charge is -2.33. The van der Waals surface area contributed by atoms with Crippen LogP contribution in [0.2, 0.25) is 0 Å². The van der Waals surface area contributed by atoms with E-state index in [0.29, 0.717) is 12.5 Å². The summed E-state index contributed by atoms with van der Waals surface area (Å²) in [6, 6.07) is 10.1. The quantitative estimate of drug-likeness (QED) is 0.942. The maximum atomic E-state index is 12.1. The highest BCUT2D eigenvalue weighted by Crippen LogP contribution is 2.32. The van der Waals surface area contributed by atoms with E-state index in [0.717, 1.165) is 48.2 Å². The molecule has 1 aromatic heterocycles. The standard InChI is InChI=1S/C18H24N4O/c1-21(2)12-17(23)22-9-7-13(8-10-22)18-15(19)11-14-5-3-4-6-16(14)20-18/h3-6,11,13H,7-10,12,19H2,1-2H3. The molecular weight excluding hydrogens is 288 g/mol. The number of likely N-dealkylation sites (tertiary alicyclic amines) is 1. The van der Waals surface area contributed by atoms with Gasteiger partial charge in [-0.2, -0.15) is 0 Å². The van der Waals surface area contributed by atoms with Gasteiger partial charge in [-0.25, -0.2) is 0 Å². The Kier molecular flexibility index (Phi) is 4.48. The molecule has 2 N–H and O–H groups in total. The molecule has 2 aromatic rings. The molecule has 5 nitrogen and oxygen atoms in total. The molecule has 0 atom stereocenters. The van der Waals surface area contributed by atoms with Crippen molar-refractivity contribution in [3.05, 3.63) is 36.0 Å². The summed E-state index contributed by atoms with van der Waals surface area (Å²) in [7, 11) is 3.84. The molecule has 122 valence electrons. The van der Waals surface area contributed by atoms with Gasteiger partial charge in [0, 0.05) is 24.4 Å². The van der Waals surface area contributed by atoms with Crippen molar-refractivity contribution < 1.29 is 4.79 Å². The zero-order chi connectivity index (χ0) is 16.4. The fourth-order valence-corrected chi connectivity index (χ4v) is 3.25. The van der Waals surface area contributed by atoms with E-state index < -0.39 is 0 Å². The van der Waals surface area contributed by atoms with Crippen LogP contribution >= 0.6 is 0 Å². The van der Waals surface area contributed by atoms with Crippen LogP contribution in [0.5, 0.6) is 0 Å². The summed E-state index contributed by atoms with van der Waals surface area (Å²) in [4.78, 5) is 20.8. The SMILES string of the molecule is CN(C)CC(=O)N1CCC(c2nc3ccccc3cc2N)CC1. The van der Waals surface area contributed by atoms with E-state index in [1.54, 1.807) is 0 Å². The van der Waals surface area contributed by atoms with E-state index in [1.807, 2.05) is 54.2 Å². The van der Waals surface area contributed by atoms with Crippen LogP contribution in [0.3, 0.4) is 0 Å². The van der Waals surface area contributed by atoms with Crippen molar-refractivity contribution in [1.82, 2.24) is 14.8 Å². The molecule has 1 saturated heterocycles. The summed E-state index contributed by atoms with van der Waals surface area (Å²) in [5, 5.41) is 1.08. The Balaban J connectivity index is 1.72. The Labute approximate surface area is 137 Å². The molecule has 1 aliphatic heterocycles. The molecule has 0 aliphatic carbocycles. The topological polar surface area (TPSA) is 62.5 Å². The van der Waals surface area contributed by atoms with E-state index in [4.69, 9.17) is 10.7 Å². The number of carbonyl (C=O) groups is 1. The number of hydrogen-bond donors (Lipinski definition) is 1. The number of carbonyl (C=O) groups excluding carboxylic acids is 1. The molecule has 0 bridgehead atoms. The van der Waals surface area contributed by atoms with Crippen LogP contribution in [0.15, 0.2) is 30.3 Å². The van der Waals surface area contributed by atoms with Gasteiger partial charge in [-0.05, 0) is 39.1 Å². The van der Waals surface area contributed by atoms with Gasteiger partial charge < -0.3 is 15.5 Å². The molecule has 23 heavy (non-hydrogen) atoms. The number of anilines is 1. The van der Waals surface area contributed by atoms with Gasteiger partial charge in [0.15, 0.2) is 0 Å². The van der Waals surface area contributed by atoms with Gasteiger partial charge in [0.2, 0.25) is 5.91 Å². The maximum absolute atomic E-state index is 12.1. The predicted molar refractivity (Wildman–Crippen MR) is 93.3 cm³/mol. The zero-order valence-corrected chi connectivity index (χ0v) is 13.8. The lowest BCUT2D eigenvalue weighted by atomic mass is 9.91. The highest BCUT2D eigenvalue weighted by molar-refractivity contribution is 5.82. The third-order valence-electron chi connectivity index (χ3n) is 4.47. The van der Waals surface area contributed by atoms with E-state index in [2.05, 4.69) is 0 Å². The van der Waals surface area contributed by atoms with E-state index in [1.165, 1.54) is 0 Å². The van der Waals surface area contributed by atoms with Gasteiger partial charge in [0.25, 0.3) is 0 Å². The van der Waals surface area contributed by atoms with Crippen molar-refractivity contribution in [1.29, 1.82) is 0 Å². The molecule has 5 heteroatoms. The number of nitrogens with two attached hydrogens (primary N) is 1. The van der Waals surface area contributed by atoms with Crippen molar-refractivity contribution in [3.8, 4) is 0 Å². The molecule has 0 saturated carbocycles. The summed E-state index contributed by atoms with van der Waals surface area (Å²) in [5.41, 5.74) is 8.97. The van der Waals surface area contributed by atoms with Crippen LogP contribution in [-0.2, 0) is 4.79 Å². The molecule has 1 fully saturated rings. The number of aromatic nitrogens is 1. The van der Waals surface area contributed by atoms with Gasteiger partial charge in [-0.15, -0.1) is 0 Å². The Bertz CT molecular complexity index is 705. The first-order valence-corrected chi connectivity index (χ1v) is 8.12. The molecule has 0 radical (unpaired) electrons. The van der Waals surface area contributed by atoms with Crippen LogP contribution in [0.25, 0.3) is 10.9 Å². The summed E-state index contributed by atoms with van der Waals surface area (Å²) in [6.45, 7) is 2.04. The van der Waals surface area contributed by atoms with Crippen molar-refractivity contribution in [2.45, 2.75) is 18.8 Å². The summed E-state index contributed by atoms with van der Waals surface area (Å²) in [6.07, 6.45) is 1.85. The Hall–Kier alpha value is -2.14. The average molecular weight is 312 g/mol. The number of nitrogens with zero attached hydrogens (tertiary/aromatic N) is 3. The number of benzene rings is 1. The predicted octanol–water partition coefficient (Wildman–Crippen LogP) is 2.08. The summed E-state index contributed by atoms with van der Waals surface area (Å²) < 4.78 is 0. The minimum atomic E-state index is 0.202. The molecule has 1 amide bonds. The minimum Gasteiger partial charge on any atom is -0.397 e. The van der Waals surface area contributed by atoms with Crippen molar-refractivity contribution in [2.75, 3.05) is 39.5 Å². The van der Waals surface area contributed by atoms with Crippen LogP contribution in [0, 0.1) is 0 Å². The van der Waals surface area contributed by atoms with Crippen molar-refractivity contribution >= 4 is 22.5 Å². The number of fused-ring (bicyclic) bond motifs is 1. The van der Waals surface area contributed by atoms with E-state index in [-0.39, 0.29) is 5.91 Å². The lowest BCUT2D eigenvalue weighted by molar-refractivity contribution is -0.132. The number of piperidine rings is 1. The lowest BCUT2D eigenvalue weighted by Crippen LogP contribution is -2.42. The molecule has 1 aliphatic rings. The van der Waals surface area contributed by atoms with Gasteiger partial charge in [-0.1, -0.05) is 18.2 Å². The Morgan fingerprint density at radius 2 is 2.00 bits per heavy atom. The Morgan fingerprint density at radius 1 is 1.30 bits per heavy atom. The number of pyridine rings is 1. The molecule has 2 heterocycles. The smallest absolute Gasteiger partial charge is 0.236 e. The normalized spacial score (nSPS) is 16.2. The van der Waals surface area contributed by atoms with Crippen molar-refractivity contribution in [3.63, 3.8) is 0 Å². The Morgan fingerprint density at radius 3 is 2.70 bits per heavy atom. The highest BCUT2D eigenvalue weighted by Gasteiger charge is 2.26. The zero-order valence-electron chi connectivity index (χ0n) is 13.8. The van der Waals surface area contributed by atoms with Crippen LogP contribution in [0.1, 0.15) is 24.5 Å². The first-order valence-electron chi connectivity index (χ1n) is 8.12. The number of amides is 1. The van der Waals surface area contributed by atoms with Crippen LogP contribution in [0.4, 0.5) is 5.69 Å². The van der Waals surface area contributed by atoms with Crippen LogP contribution < -0.4 is 5.73 Å². The number of likely N-dealkylation sites (N-methyl/N-ethyl adjacent to an activating group) is 1. The van der Waals surface area contributed by atoms with E-state index >= 15 is 0 Å². The van der Waals surface area contributed by atoms with Gasteiger partial charge >= 0.3 is 0 Å². The minimum absolute atomic E-state index is 0.202. The number of para-hydroxylation sites is 1. The molecule has 0 spiro atoms. The third-order valence-corrected chi connectivity index (χ3v) is 4.47. The molecule has 0 unspecified atom stereocenters. The fourth-order valence-electron chi connectivity index (χ4n) is 3.25. The number of hydrogen-bond acceptors (Lipinski definition) is 4. The number of rotatable bonds is 3. The average Bonchev–Trinajstić information content (AvgIpc) is 2.54. The third kappa shape index (κ3) is 3.45. The monoisotopic (exact) mass is 312 g/mol. The van der Waals surface area contributed by atoms with Crippen LogP contribution in [-0.4, -0.2) is 54.4 Å². The first-order chi connectivity index (χ1) is 11.0. The highest BCUT2D eigenvalue weighted by atomic mass is 16.2. The maximum Gasteiger partial charge on any atom is 0.236 e. The first kappa shape index (κ1) is 15.7. The van der Waals surface area contributed by atoms with Crippen molar-refractivity contribution in [2.24, 2.45) is 0 Å². The molecular formula is C18H24N4O. The second-order valence-corrected chi connectivity index (χ2v) is 6.55. The molecule has 1 aromatic carbocycles. The number of nitrogen functional groups attached to an aromatic ring is 1. The second-order valence-electron chi connectivity index (χ2n) is 6.55.